The van der Waals surface area contributed by atoms with Crippen LogP contribution in [0.5, 0.6) is 0 Å². The zero-order valence-corrected chi connectivity index (χ0v) is 9.41. The van der Waals surface area contributed by atoms with E-state index in [0.29, 0.717) is 24.4 Å². The summed E-state index contributed by atoms with van der Waals surface area (Å²) in [6.07, 6.45) is 1.43. The summed E-state index contributed by atoms with van der Waals surface area (Å²) in [6.45, 7) is 0.370. The van der Waals surface area contributed by atoms with Gasteiger partial charge in [0.1, 0.15) is 12.9 Å². The smallest absolute Gasteiger partial charge is 0.282 e. The molecule has 2 aromatic rings. The van der Waals surface area contributed by atoms with E-state index in [2.05, 4.69) is 15.0 Å². The Morgan fingerprint density at radius 1 is 1.33 bits per heavy atom. The Labute approximate surface area is 101 Å². The number of nitrogen functional groups attached to an aromatic ring is 2. The summed E-state index contributed by atoms with van der Waals surface area (Å²) in [7, 11) is 0. The standard InChI is InChI=1S/C9H12N6O3/c10-6-5-7(14-8(11)13-6)15(4-12-5)9(3-16)17-1-2-18-9/h4,16H,1-3H2,(H4,10,11,13,14). The monoisotopic (exact) mass is 252 g/mol. The molecule has 0 radical (unpaired) electrons. The lowest BCUT2D eigenvalue weighted by atomic mass is 10.4. The van der Waals surface area contributed by atoms with Crippen LogP contribution in [0.3, 0.4) is 0 Å². The van der Waals surface area contributed by atoms with Crippen molar-refractivity contribution in [3.8, 4) is 0 Å². The maximum Gasteiger partial charge on any atom is 0.282 e. The lowest BCUT2D eigenvalue weighted by molar-refractivity contribution is -0.242. The molecule has 0 atom stereocenters. The van der Waals surface area contributed by atoms with Gasteiger partial charge in [0.2, 0.25) is 5.95 Å². The van der Waals surface area contributed by atoms with E-state index in [1.165, 1.54) is 10.9 Å². The molecule has 5 N–H and O–H groups in total. The van der Waals surface area contributed by atoms with E-state index >= 15 is 0 Å². The van der Waals surface area contributed by atoms with Crippen molar-refractivity contribution in [2.24, 2.45) is 0 Å². The van der Waals surface area contributed by atoms with Gasteiger partial charge in [-0.05, 0) is 0 Å². The first-order chi connectivity index (χ1) is 8.66. The summed E-state index contributed by atoms with van der Waals surface area (Å²) in [5.41, 5.74) is 12.0. The SMILES string of the molecule is Nc1nc(N)c2ncn(C3(CO)OCCO3)c2n1. The molecule has 9 nitrogen and oxygen atoms in total. The number of anilines is 2. The van der Waals surface area contributed by atoms with Crippen LogP contribution in [0.2, 0.25) is 0 Å². The molecule has 2 aromatic heterocycles. The number of imidazole rings is 1. The van der Waals surface area contributed by atoms with Crippen molar-refractivity contribution in [1.82, 2.24) is 19.5 Å². The molecule has 1 aliphatic heterocycles. The first kappa shape index (κ1) is 11.1. The van der Waals surface area contributed by atoms with Crippen LogP contribution in [-0.2, 0) is 15.4 Å². The molecule has 3 heterocycles. The predicted molar refractivity (Wildman–Crippen MR) is 61.1 cm³/mol. The number of aliphatic hydroxyl groups excluding tert-OH is 1. The molecule has 0 unspecified atom stereocenters. The van der Waals surface area contributed by atoms with Crippen molar-refractivity contribution >= 4 is 22.9 Å². The van der Waals surface area contributed by atoms with Gasteiger partial charge >= 0.3 is 0 Å². The highest BCUT2D eigenvalue weighted by molar-refractivity contribution is 5.82. The van der Waals surface area contributed by atoms with E-state index in [0.717, 1.165) is 0 Å². The minimum Gasteiger partial charge on any atom is -0.389 e. The number of nitrogens with zero attached hydrogens (tertiary/aromatic N) is 4. The number of aliphatic hydroxyl groups is 1. The van der Waals surface area contributed by atoms with E-state index < -0.39 is 5.91 Å². The van der Waals surface area contributed by atoms with Gasteiger partial charge in [-0.15, -0.1) is 0 Å². The van der Waals surface area contributed by atoms with Gasteiger partial charge in [-0.1, -0.05) is 0 Å². The maximum absolute atomic E-state index is 9.48. The number of hydrogen-bond acceptors (Lipinski definition) is 8. The Bertz CT molecular complexity index is 591. The highest BCUT2D eigenvalue weighted by Gasteiger charge is 2.40. The molecule has 0 saturated carbocycles. The Morgan fingerprint density at radius 2 is 2.06 bits per heavy atom. The highest BCUT2D eigenvalue weighted by atomic mass is 16.8. The van der Waals surface area contributed by atoms with Gasteiger partial charge in [-0.2, -0.15) is 9.97 Å². The third-order valence-electron chi connectivity index (χ3n) is 2.75. The fourth-order valence-corrected chi connectivity index (χ4v) is 1.94. The van der Waals surface area contributed by atoms with Crippen LogP contribution in [0.4, 0.5) is 11.8 Å². The van der Waals surface area contributed by atoms with Gasteiger partial charge in [0, 0.05) is 0 Å². The van der Waals surface area contributed by atoms with Gasteiger partial charge in [0.15, 0.2) is 17.0 Å². The van der Waals surface area contributed by atoms with Gasteiger partial charge in [-0.25, -0.2) is 4.98 Å². The lowest BCUT2D eigenvalue weighted by Crippen LogP contribution is -2.38. The Morgan fingerprint density at radius 3 is 2.72 bits per heavy atom. The second-order valence-corrected chi connectivity index (χ2v) is 3.82. The Balaban J connectivity index is 2.23. The summed E-state index contributed by atoms with van der Waals surface area (Å²) >= 11 is 0. The molecular weight excluding hydrogens is 240 g/mol. The van der Waals surface area contributed by atoms with E-state index in [9.17, 15) is 5.11 Å². The third kappa shape index (κ3) is 1.41. The highest BCUT2D eigenvalue weighted by Crippen LogP contribution is 2.29. The van der Waals surface area contributed by atoms with Gasteiger partial charge in [0.05, 0.1) is 13.2 Å². The normalized spacial score (nSPS) is 18.5. The van der Waals surface area contributed by atoms with Crippen LogP contribution in [-0.4, -0.2) is 44.4 Å². The van der Waals surface area contributed by atoms with E-state index in [1.807, 2.05) is 0 Å². The molecule has 0 bridgehead atoms. The van der Waals surface area contributed by atoms with Crippen LogP contribution >= 0.6 is 0 Å². The Hall–Kier alpha value is -1.97. The van der Waals surface area contributed by atoms with E-state index in [4.69, 9.17) is 20.9 Å². The molecule has 18 heavy (non-hydrogen) atoms. The topological polar surface area (TPSA) is 134 Å². The number of ether oxygens (including phenoxy) is 2. The fourth-order valence-electron chi connectivity index (χ4n) is 1.94. The minimum absolute atomic E-state index is 0.0211. The van der Waals surface area contributed by atoms with Crippen molar-refractivity contribution < 1.29 is 14.6 Å². The Kier molecular flexibility index (Phi) is 2.33. The molecule has 96 valence electrons. The third-order valence-corrected chi connectivity index (χ3v) is 2.75. The van der Waals surface area contributed by atoms with Crippen molar-refractivity contribution in [1.29, 1.82) is 0 Å². The quantitative estimate of drug-likeness (QED) is 0.596. The van der Waals surface area contributed by atoms with E-state index in [-0.39, 0.29) is 18.4 Å². The molecule has 1 aliphatic rings. The number of nitrogens with two attached hydrogens (primary N) is 2. The largest absolute Gasteiger partial charge is 0.389 e. The second-order valence-electron chi connectivity index (χ2n) is 3.82. The first-order valence-corrected chi connectivity index (χ1v) is 5.31. The predicted octanol–water partition coefficient (Wildman–Crippen LogP) is -1.36. The van der Waals surface area contributed by atoms with Crippen LogP contribution in [0.1, 0.15) is 0 Å². The van der Waals surface area contributed by atoms with Crippen molar-refractivity contribution in [3.63, 3.8) is 0 Å². The molecule has 1 fully saturated rings. The van der Waals surface area contributed by atoms with Gasteiger partial charge < -0.3 is 26.0 Å². The molecule has 0 aromatic carbocycles. The average Bonchev–Trinajstić information content (AvgIpc) is 2.95. The van der Waals surface area contributed by atoms with Gasteiger partial charge in [-0.3, -0.25) is 4.57 Å². The first-order valence-electron chi connectivity index (χ1n) is 5.31. The van der Waals surface area contributed by atoms with Crippen LogP contribution in [0.15, 0.2) is 6.33 Å². The fraction of sp³-hybridized carbons (Fsp3) is 0.444. The molecule has 0 amide bonds. The molecule has 3 rings (SSSR count). The van der Waals surface area contributed by atoms with Crippen LogP contribution < -0.4 is 11.5 Å². The van der Waals surface area contributed by atoms with Crippen molar-refractivity contribution in [3.05, 3.63) is 6.33 Å². The van der Waals surface area contributed by atoms with Gasteiger partial charge in [0.25, 0.3) is 5.91 Å². The second kappa shape index (κ2) is 3.77. The van der Waals surface area contributed by atoms with Crippen molar-refractivity contribution in [2.75, 3.05) is 31.3 Å². The molecule has 0 spiro atoms. The molecule has 1 saturated heterocycles. The summed E-state index contributed by atoms with van der Waals surface area (Å²) in [5.74, 6) is -1.13. The zero-order chi connectivity index (χ0) is 12.8. The van der Waals surface area contributed by atoms with Crippen LogP contribution in [0.25, 0.3) is 11.2 Å². The van der Waals surface area contributed by atoms with Crippen LogP contribution in [0, 0.1) is 0 Å². The lowest BCUT2D eigenvalue weighted by Gasteiger charge is -2.26. The molecule has 0 aliphatic carbocycles. The summed E-state index contributed by atoms with van der Waals surface area (Å²) < 4.78 is 12.3. The maximum atomic E-state index is 9.48. The summed E-state index contributed by atoms with van der Waals surface area (Å²) in [5, 5.41) is 9.48. The summed E-state index contributed by atoms with van der Waals surface area (Å²) in [6, 6.07) is 0. The zero-order valence-electron chi connectivity index (χ0n) is 9.41. The van der Waals surface area contributed by atoms with E-state index in [1.54, 1.807) is 0 Å². The molecule has 9 heteroatoms. The average molecular weight is 252 g/mol. The summed E-state index contributed by atoms with van der Waals surface area (Å²) in [4.78, 5) is 11.9. The molecular formula is C9H12N6O3. The van der Waals surface area contributed by atoms with Crippen molar-refractivity contribution in [2.45, 2.75) is 5.91 Å². The number of hydrogen-bond donors (Lipinski definition) is 3. The number of aromatic nitrogens is 4. The number of rotatable bonds is 2. The number of fused-ring (bicyclic) bond motifs is 1. The minimum atomic E-state index is -1.32.